The van der Waals surface area contributed by atoms with Crippen LogP contribution in [-0.2, 0) is 60.7 Å². The van der Waals surface area contributed by atoms with E-state index in [0.29, 0.717) is 29.8 Å². The third-order valence-electron chi connectivity index (χ3n) is 17.1. The second-order valence-electron chi connectivity index (χ2n) is 23.8. The molecule has 1 aliphatic carbocycles. The van der Waals surface area contributed by atoms with Gasteiger partial charge in [0.15, 0.2) is 5.72 Å². The van der Waals surface area contributed by atoms with E-state index in [2.05, 4.69) is 16.0 Å². The first-order valence-electron chi connectivity index (χ1n) is 30.5. The van der Waals surface area contributed by atoms with Crippen LogP contribution in [-0.4, -0.2) is 212 Å². The van der Waals surface area contributed by atoms with E-state index in [1.807, 2.05) is 25.2 Å². The van der Waals surface area contributed by atoms with E-state index in [4.69, 9.17) is 50.5 Å². The van der Waals surface area contributed by atoms with E-state index in [9.17, 15) is 53.1 Å². The normalized spacial score (nSPS) is 26.2. The van der Waals surface area contributed by atoms with Crippen molar-refractivity contribution in [3.63, 3.8) is 0 Å². The maximum atomic E-state index is 14.4. The fourth-order valence-corrected chi connectivity index (χ4v) is 12.2. The van der Waals surface area contributed by atoms with Gasteiger partial charge in [0.2, 0.25) is 11.8 Å². The van der Waals surface area contributed by atoms with Gasteiger partial charge in [-0.25, -0.2) is 19.2 Å². The number of hydrogen-bond donors (Lipinski definition) is 5. The number of likely N-dealkylation sites (N-methyl/N-ethyl adjacent to an activating group) is 3. The Labute approximate surface area is 549 Å². The highest BCUT2D eigenvalue weighted by atomic mass is 35.5. The Kier molecular flexibility index (Phi) is 25.1. The molecule has 0 saturated carbocycles. The molecule has 4 bridgehead atoms. The predicted molar refractivity (Wildman–Crippen MR) is 342 cm³/mol. The van der Waals surface area contributed by atoms with Crippen LogP contribution in [0.1, 0.15) is 94.1 Å². The monoisotopic (exact) mass is 1330 g/mol. The number of anilines is 1. The molecule has 0 aromatic heterocycles. The summed E-state index contributed by atoms with van der Waals surface area (Å²) in [5, 5.41) is 19.6. The smallest absolute Gasteiger partial charge is 0.412 e. The number of methoxy groups -OCH3 is 2. The predicted octanol–water partition coefficient (Wildman–Crippen LogP) is 5.53. The third-order valence-corrected chi connectivity index (χ3v) is 18.4. The Morgan fingerprint density at radius 1 is 0.989 bits per heavy atom. The molecular weight excluding hydrogens is 1250 g/mol. The number of esters is 1. The number of hydrogen-bond acceptors (Lipinski definition) is 20. The van der Waals surface area contributed by atoms with E-state index in [1.165, 1.54) is 87.1 Å². The van der Waals surface area contributed by atoms with Crippen LogP contribution in [0.3, 0.4) is 0 Å². The molecule has 0 unspecified atom stereocenters. The van der Waals surface area contributed by atoms with Gasteiger partial charge in [0.25, 0.3) is 23.0 Å². The molecule has 506 valence electrons. The van der Waals surface area contributed by atoms with E-state index < -0.39 is 125 Å². The van der Waals surface area contributed by atoms with Crippen molar-refractivity contribution in [1.82, 2.24) is 35.6 Å². The molecule has 2 fully saturated rings. The standard InChI is InChI=1S/C64H84ClN9O18S/c1-37-16-15-19-49(87-10)64(85)35-48(90-60(82)69-64)38(2)56-63(4,92-56)50(34-54(78)73(8)45-32-41(30-37)33-47(86-9)55(45)65)91-58(80)39(3)72(7)51(75)24-29-93-62(84)71(6)28-27-70(5)61(83)88-36-40-20-21-46(89-59(81)68-44-18-14-12-11-13-17-43(44)66)42(31-40)57(79)67-25-26-74-52(76)22-23-53(74)77/h13,15-17,19-23,31-33,38-39,43-44,48-50,56,85H,11-12,14,18,24-30,34-36,66H2,1-10H3,(H,67,79)(H,68,81)(H,69,82)/b17-13+,19-15+,37-16+/t38-,39+,43+,44+,48+,49-,50+,56+,63+,64+/m1/s1. The molecule has 9 amide bonds. The van der Waals surface area contributed by atoms with Crippen LogP contribution in [0.25, 0.3) is 0 Å². The zero-order valence-electron chi connectivity index (χ0n) is 53.9. The van der Waals surface area contributed by atoms with Crippen molar-refractivity contribution < 1.29 is 86.2 Å². The quantitative estimate of drug-likeness (QED) is 0.0379. The van der Waals surface area contributed by atoms with Gasteiger partial charge in [0, 0.05) is 104 Å². The highest BCUT2D eigenvalue weighted by Crippen LogP contribution is 2.49. The van der Waals surface area contributed by atoms with Crippen molar-refractivity contribution in [1.29, 1.82) is 0 Å². The van der Waals surface area contributed by atoms with Gasteiger partial charge in [-0.15, -0.1) is 0 Å². The average Bonchev–Trinajstić information content (AvgIpc) is 1.68. The lowest BCUT2D eigenvalue weighted by Crippen LogP contribution is -2.63. The molecule has 7 rings (SSSR count). The number of allylic oxidation sites excluding steroid dienone is 4. The van der Waals surface area contributed by atoms with Crippen LogP contribution in [0.5, 0.6) is 11.5 Å². The van der Waals surface area contributed by atoms with Gasteiger partial charge in [-0.05, 0) is 81.8 Å². The second kappa shape index (κ2) is 32.2. The average molecular weight is 1330 g/mol. The Balaban J connectivity index is 0.929. The highest BCUT2D eigenvalue weighted by molar-refractivity contribution is 8.13. The summed E-state index contributed by atoms with van der Waals surface area (Å²) in [6, 6.07) is 5.65. The van der Waals surface area contributed by atoms with Crippen molar-refractivity contribution in [2.45, 2.75) is 140 Å². The maximum absolute atomic E-state index is 14.4. The minimum absolute atomic E-state index is 0.0131. The Morgan fingerprint density at radius 3 is 2.42 bits per heavy atom. The van der Waals surface area contributed by atoms with E-state index in [1.54, 1.807) is 38.1 Å². The van der Waals surface area contributed by atoms with Crippen molar-refractivity contribution in [3.8, 4) is 11.5 Å². The number of ether oxygens (including phenoxy) is 7. The molecule has 0 radical (unpaired) electrons. The number of carbonyl (C=O) groups is 10. The number of carbonyl (C=O) groups excluding carboxylic acids is 10. The fraction of sp³-hybridized carbons (Fsp3) is 0.531. The number of nitrogens with one attached hydrogen (secondary N) is 3. The van der Waals surface area contributed by atoms with Crippen LogP contribution in [0.2, 0.25) is 5.02 Å². The first-order chi connectivity index (χ1) is 44.1. The van der Waals surface area contributed by atoms with E-state index in [0.717, 1.165) is 59.2 Å². The van der Waals surface area contributed by atoms with Gasteiger partial charge in [-0.1, -0.05) is 78.7 Å². The summed E-state index contributed by atoms with van der Waals surface area (Å²) in [5.74, 6) is -4.09. The molecular formula is C64H84ClN9O18S. The molecule has 29 heteroatoms. The lowest BCUT2D eigenvalue weighted by molar-refractivity contribution is -0.162. The lowest BCUT2D eigenvalue weighted by Gasteiger charge is -2.42. The topological polar surface area (TPSA) is 337 Å². The minimum atomic E-state index is -1.91. The summed E-state index contributed by atoms with van der Waals surface area (Å²) in [6.45, 7) is 6.27. The number of nitrogens with zero attached hydrogens (tertiary/aromatic N) is 5. The molecule has 2 aromatic rings. The first-order valence-corrected chi connectivity index (χ1v) is 31.9. The van der Waals surface area contributed by atoms with E-state index >= 15 is 0 Å². The Hall–Kier alpha value is -8.02. The summed E-state index contributed by atoms with van der Waals surface area (Å²) in [5.41, 5.74) is 5.21. The van der Waals surface area contributed by atoms with Crippen molar-refractivity contribution in [2.24, 2.45) is 11.7 Å². The van der Waals surface area contributed by atoms with Crippen LogP contribution in [0, 0.1) is 5.92 Å². The number of alkyl carbamates (subject to hydrolysis) is 1. The molecule has 2 saturated heterocycles. The van der Waals surface area contributed by atoms with Crippen molar-refractivity contribution in [3.05, 3.63) is 100 Å². The second-order valence-corrected chi connectivity index (χ2v) is 25.3. The molecule has 10 atom stereocenters. The summed E-state index contributed by atoms with van der Waals surface area (Å²) in [6.07, 6.45) is 7.57. The number of rotatable bonds is 19. The highest BCUT2D eigenvalue weighted by Gasteiger charge is 2.64. The first kappa shape index (κ1) is 72.4. The zero-order valence-corrected chi connectivity index (χ0v) is 55.5. The summed E-state index contributed by atoms with van der Waals surface area (Å²) in [4.78, 5) is 139. The molecule has 4 heterocycles. The number of imide groups is 1. The van der Waals surface area contributed by atoms with Crippen LogP contribution >= 0.6 is 23.4 Å². The minimum Gasteiger partial charge on any atom is -0.495 e. The van der Waals surface area contributed by atoms with Crippen LogP contribution < -0.4 is 36.1 Å². The van der Waals surface area contributed by atoms with Crippen molar-refractivity contribution >= 4 is 88.1 Å². The van der Waals surface area contributed by atoms with Gasteiger partial charge < -0.3 is 74.2 Å². The van der Waals surface area contributed by atoms with Gasteiger partial charge >= 0.3 is 24.2 Å². The van der Waals surface area contributed by atoms with Crippen LogP contribution in [0.4, 0.5) is 24.9 Å². The lowest BCUT2D eigenvalue weighted by atomic mass is 9.83. The Bertz CT molecular complexity index is 3270. The largest absolute Gasteiger partial charge is 0.495 e. The zero-order chi connectivity index (χ0) is 68.1. The molecule has 6 N–H and O–H groups in total. The van der Waals surface area contributed by atoms with Gasteiger partial charge in [-0.3, -0.25) is 39.0 Å². The number of thioether (sulfide) groups is 1. The number of fused-ring (bicyclic) bond motifs is 5. The molecule has 5 aliphatic rings. The number of amides is 9. The number of benzene rings is 2. The number of epoxide rings is 1. The SMILES string of the molecule is COc1cc2cc(c1Cl)N(C)C(=O)C[C@H](OC(=O)[C@H](C)N(C)C(=O)CCSC(=O)N(C)CCN(C)C(=O)OCc1ccc(OC(=O)N[C@H]3CCCC/C=C/[C@@H]3N)c(C(=O)NCCN3C(=O)C=CC3=O)c1)[C@]1(C)O[C@H]1[C@H](C)[C@@H]1C[C@@](O)(NC(=O)O1)[C@H](OC)/C=C/C=C(\C)C2. The molecule has 4 aliphatic heterocycles. The fourth-order valence-electron chi connectivity index (χ4n) is 11.1. The molecule has 93 heavy (non-hydrogen) atoms. The molecule has 27 nitrogen and oxygen atoms in total. The van der Waals surface area contributed by atoms with E-state index in [-0.39, 0.29) is 67.7 Å². The number of aliphatic hydroxyl groups is 1. The number of nitrogens with two attached hydrogens (primary N) is 1. The maximum Gasteiger partial charge on any atom is 0.412 e. The third kappa shape index (κ3) is 18.6. The van der Waals surface area contributed by atoms with Gasteiger partial charge in [0.1, 0.15) is 53.1 Å². The number of halogens is 1. The summed E-state index contributed by atoms with van der Waals surface area (Å²) >= 11 is 7.68. The van der Waals surface area contributed by atoms with Crippen molar-refractivity contribution in [2.75, 3.05) is 79.2 Å². The summed E-state index contributed by atoms with van der Waals surface area (Å²) in [7, 11) is 8.76. The summed E-state index contributed by atoms with van der Waals surface area (Å²) < 4.78 is 40.6. The van der Waals surface area contributed by atoms with Gasteiger partial charge in [0.05, 0.1) is 36.9 Å². The molecule has 2 aromatic carbocycles. The van der Waals surface area contributed by atoms with Crippen LogP contribution in [0.15, 0.2) is 78.4 Å². The molecule has 0 spiro atoms. The van der Waals surface area contributed by atoms with Gasteiger partial charge in [-0.2, -0.15) is 0 Å². The Morgan fingerprint density at radius 2 is 1.71 bits per heavy atom.